The first kappa shape index (κ1) is 5.42. The first-order valence-electron chi connectivity index (χ1n) is 2.76. The molecule has 1 rings (SSSR count). The van der Waals surface area contributed by atoms with Gasteiger partial charge in [-0.15, -0.1) is 0 Å². The van der Waals surface area contributed by atoms with Crippen molar-refractivity contribution in [2.45, 2.75) is 19.8 Å². The molecule has 1 aromatic rings. The van der Waals surface area contributed by atoms with Gasteiger partial charge in [-0.25, -0.2) is 0 Å². The van der Waals surface area contributed by atoms with Crippen molar-refractivity contribution in [3.8, 4) is 0 Å². The van der Waals surface area contributed by atoms with Crippen molar-refractivity contribution in [1.82, 2.24) is 0 Å². The Morgan fingerprint density at radius 3 is 2.62 bits per heavy atom. The Morgan fingerprint density at radius 1 is 1.62 bits per heavy atom. The molecule has 0 fully saturated rings. The van der Waals surface area contributed by atoms with Crippen molar-refractivity contribution in [2.24, 2.45) is 0 Å². The van der Waals surface area contributed by atoms with E-state index in [9.17, 15) is 0 Å². The molecule has 0 atom stereocenters. The SMILES string of the molecule is CC(C)c1[c]cco1. The highest BCUT2D eigenvalue weighted by Gasteiger charge is 1.98. The Morgan fingerprint density at radius 2 is 2.38 bits per heavy atom. The summed E-state index contributed by atoms with van der Waals surface area (Å²) in [4.78, 5) is 0. The van der Waals surface area contributed by atoms with Crippen molar-refractivity contribution in [1.29, 1.82) is 0 Å². The average Bonchev–Trinajstić information content (AvgIpc) is 2.12. The van der Waals surface area contributed by atoms with Crippen LogP contribution in [0.5, 0.6) is 0 Å². The molecule has 0 aromatic carbocycles. The maximum atomic E-state index is 5.04. The van der Waals surface area contributed by atoms with Gasteiger partial charge in [-0.2, -0.15) is 0 Å². The molecule has 0 saturated carbocycles. The topological polar surface area (TPSA) is 13.1 Å². The van der Waals surface area contributed by atoms with Gasteiger partial charge in [-0.1, -0.05) is 13.8 Å². The second kappa shape index (κ2) is 2.03. The summed E-state index contributed by atoms with van der Waals surface area (Å²) in [5.74, 6) is 1.40. The van der Waals surface area contributed by atoms with Crippen LogP contribution in [0.2, 0.25) is 0 Å². The molecule has 1 heterocycles. The summed E-state index contributed by atoms with van der Waals surface area (Å²) in [6.07, 6.45) is 1.65. The van der Waals surface area contributed by atoms with Crippen LogP contribution in [-0.4, -0.2) is 0 Å². The van der Waals surface area contributed by atoms with Crippen molar-refractivity contribution in [2.75, 3.05) is 0 Å². The molecule has 43 valence electrons. The number of furan rings is 1. The van der Waals surface area contributed by atoms with Crippen LogP contribution in [0, 0.1) is 6.07 Å². The highest BCUT2D eigenvalue weighted by molar-refractivity contribution is 4.99. The van der Waals surface area contributed by atoms with E-state index in [-0.39, 0.29) is 0 Å². The van der Waals surface area contributed by atoms with Gasteiger partial charge in [0.2, 0.25) is 0 Å². The molecule has 1 radical (unpaired) electrons. The summed E-state index contributed by atoms with van der Waals surface area (Å²) in [5, 5.41) is 0. The predicted molar refractivity (Wildman–Crippen MR) is 31.6 cm³/mol. The lowest BCUT2D eigenvalue weighted by molar-refractivity contribution is 0.486. The van der Waals surface area contributed by atoms with Crippen LogP contribution >= 0.6 is 0 Å². The molecule has 1 aromatic heterocycles. The van der Waals surface area contributed by atoms with Crippen LogP contribution in [0.25, 0.3) is 0 Å². The number of hydrogen-bond acceptors (Lipinski definition) is 1. The minimum atomic E-state index is 0.463. The molecule has 0 amide bonds. The monoisotopic (exact) mass is 109 g/mol. The molecule has 0 N–H and O–H groups in total. The van der Waals surface area contributed by atoms with Crippen LogP contribution in [0.15, 0.2) is 16.7 Å². The van der Waals surface area contributed by atoms with Crippen LogP contribution in [0.4, 0.5) is 0 Å². The molecule has 0 saturated heterocycles. The van der Waals surface area contributed by atoms with Crippen LogP contribution in [-0.2, 0) is 0 Å². The maximum absolute atomic E-state index is 5.04. The summed E-state index contributed by atoms with van der Waals surface area (Å²) in [7, 11) is 0. The average molecular weight is 109 g/mol. The zero-order valence-corrected chi connectivity index (χ0v) is 5.14. The van der Waals surface area contributed by atoms with Crippen molar-refractivity contribution < 1.29 is 4.42 Å². The number of rotatable bonds is 1. The van der Waals surface area contributed by atoms with E-state index in [0.717, 1.165) is 5.76 Å². The normalized spacial score (nSPS) is 10.4. The van der Waals surface area contributed by atoms with Gasteiger partial charge in [0, 0.05) is 12.0 Å². The van der Waals surface area contributed by atoms with Gasteiger partial charge in [0.15, 0.2) is 0 Å². The maximum Gasteiger partial charge on any atom is 0.114 e. The summed E-state index contributed by atoms with van der Waals surface area (Å²) < 4.78 is 5.04. The molecule has 8 heavy (non-hydrogen) atoms. The van der Waals surface area contributed by atoms with E-state index in [1.54, 1.807) is 12.3 Å². The number of hydrogen-bond donors (Lipinski definition) is 0. The van der Waals surface area contributed by atoms with Gasteiger partial charge >= 0.3 is 0 Å². The Kier molecular flexibility index (Phi) is 1.38. The van der Waals surface area contributed by atoms with Gasteiger partial charge in [-0.3, -0.25) is 0 Å². The highest BCUT2D eigenvalue weighted by atomic mass is 16.3. The first-order chi connectivity index (χ1) is 3.80. The quantitative estimate of drug-likeness (QED) is 0.538. The van der Waals surface area contributed by atoms with E-state index in [1.165, 1.54) is 0 Å². The third-order valence-electron chi connectivity index (χ3n) is 1.01. The lowest BCUT2D eigenvalue weighted by Crippen LogP contribution is -1.79. The van der Waals surface area contributed by atoms with Gasteiger partial charge in [-0.05, 0) is 6.07 Å². The van der Waals surface area contributed by atoms with Gasteiger partial charge in [0.1, 0.15) is 5.76 Å². The molecule has 1 heteroatoms. The largest absolute Gasteiger partial charge is 0.468 e. The first-order valence-corrected chi connectivity index (χ1v) is 2.76. The molecular formula is C7H9O. The molecule has 0 aliphatic carbocycles. The van der Waals surface area contributed by atoms with E-state index in [0.29, 0.717) is 5.92 Å². The molecule has 0 aliphatic rings. The van der Waals surface area contributed by atoms with Gasteiger partial charge < -0.3 is 4.42 Å². The fourth-order valence-electron chi connectivity index (χ4n) is 0.560. The van der Waals surface area contributed by atoms with Gasteiger partial charge in [0.25, 0.3) is 0 Å². The molecule has 0 bridgehead atoms. The van der Waals surface area contributed by atoms with E-state index in [2.05, 4.69) is 19.9 Å². The Bertz CT molecular complexity index is 139. The van der Waals surface area contributed by atoms with Crippen LogP contribution in [0.3, 0.4) is 0 Å². The zero-order chi connectivity index (χ0) is 5.98. The molecule has 1 nitrogen and oxygen atoms in total. The third-order valence-corrected chi connectivity index (χ3v) is 1.01. The summed E-state index contributed by atoms with van der Waals surface area (Å²) >= 11 is 0. The van der Waals surface area contributed by atoms with Crippen molar-refractivity contribution in [3.05, 3.63) is 24.2 Å². The second-order valence-electron chi connectivity index (χ2n) is 2.08. The minimum Gasteiger partial charge on any atom is -0.468 e. The lowest BCUT2D eigenvalue weighted by atomic mass is 10.2. The lowest BCUT2D eigenvalue weighted by Gasteiger charge is -1.94. The van der Waals surface area contributed by atoms with E-state index < -0.39 is 0 Å². The zero-order valence-electron chi connectivity index (χ0n) is 5.14. The Hall–Kier alpha value is -0.720. The van der Waals surface area contributed by atoms with Gasteiger partial charge in [0.05, 0.1) is 6.26 Å². The second-order valence-corrected chi connectivity index (χ2v) is 2.08. The van der Waals surface area contributed by atoms with E-state index in [4.69, 9.17) is 4.42 Å². The van der Waals surface area contributed by atoms with E-state index >= 15 is 0 Å². The van der Waals surface area contributed by atoms with Crippen LogP contribution in [0.1, 0.15) is 25.5 Å². The molecular weight excluding hydrogens is 100 g/mol. The van der Waals surface area contributed by atoms with Crippen molar-refractivity contribution in [3.63, 3.8) is 0 Å². The van der Waals surface area contributed by atoms with Crippen molar-refractivity contribution >= 4 is 0 Å². The Labute approximate surface area is 49.3 Å². The molecule has 0 aliphatic heterocycles. The Balaban J connectivity index is 2.77. The highest BCUT2D eigenvalue weighted by Crippen LogP contribution is 2.11. The predicted octanol–water partition coefficient (Wildman–Crippen LogP) is 2.20. The minimum absolute atomic E-state index is 0.463. The summed E-state index contributed by atoms with van der Waals surface area (Å²) in [6.45, 7) is 4.16. The molecule has 0 unspecified atom stereocenters. The standard InChI is InChI=1S/C7H9O/c1-6(2)7-4-3-5-8-7/h3,5-6H,1-2H3. The smallest absolute Gasteiger partial charge is 0.114 e. The summed E-state index contributed by atoms with van der Waals surface area (Å²) in [6, 6.07) is 4.76. The van der Waals surface area contributed by atoms with E-state index in [1.807, 2.05) is 0 Å². The third kappa shape index (κ3) is 0.915. The molecule has 0 spiro atoms. The summed E-state index contributed by atoms with van der Waals surface area (Å²) in [5.41, 5.74) is 0. The fourth-order valence-corrected chi connectivity index (χ4v) is 0.560. The fraction of sp³-hybridized carbons (Fsp3) is 0.429. The van der Waals surface area contributed by atoms with Crippen LogP contribution < -0.4 is 0 Å².